The lowest BCUT2D eigenvalue weighted by Gasteiger charge is -2.30. The number of nitriles is 1. The second-order valence-electron chi connectivity index (χ2n) is 6.56. The lowest BCUT2D eigenvalue weighted by molar-refractivity contribution is 0.425. The van der Waals surface area contributed by atoms with Crippen molar-refractivity contribution in [2.45, 2.75) is 33.2 Å². The molecule has 0 saturated heterocycles. The van der Waals surface area contributed by atoms with Crippen molar-refractivity contribution in [3.05, 3.63) is 57.0 Å². The average Bonchev–Trinajstić information content (AvgIpc) is 2.53. The summed E-state index contributed by atoms with van der Waals surface area (Å²) in [5.74, 6) is 0.666. The Morgan fingerprint density at radius 3 is 2.57 bits per heavy atom. The van der Waals surface area contributed by atoms with Gasteiger partial charge < -0.3 is 10.3 Å². The molecule has 2 N–H and O–H groups in total. The largest absolute Gasteiger partial charge is 0.324 e. The number of nitrogens with one attached hydrogen (secondary N) is 2. The third-order valence-corrected chi connectivity index (χ3v) is 4.65. The van der Waals surface area contributed by atoms with Crippen LogP contribution in [0.4, 0.5) is 0 Å². The van der Waals surface area contributed by atoms with Crippen molar-refractivity contribution in [2.24, 2.45) is 5.92 Å². The number of hydrogen-bond donors (Lipinski definition) is 2. The number of benzene rings is 1. The van der Waals surface area contributed by atoms with Crippen LogP contribution in [0.2, 0.25) is 0 Å². The van der Waals surface area contributed by atoms with Crippen LogP contribution in [0, 0.1) is 24.2 Å². The van der Waals surface area contributed by atoms with Gasteiger partial charge in [-0.25, -0.2) is 0 Å². The molecule has 23 heavy (non-hydrogen) atoms. The molecule has 0 aliphatic carbocycles. The minimum atomic E-state index is -0.283. The first-order valence-electron chi connectivity index (χ1n) is 7.99. The van der Waals surface area contributed by atoms with Crippen molar-refractivity contribution in [3.8, 4) is 17.2 Å². The average molecular weight is 307 g/mol. The highest BCUT2D eigenvalue weighted by Gasteiger charge is 2.28. The van der Waals surface area contributed by atoms with E-state index in [1.807, 2.05) is 31.2 Å². The second-order valence-corrected chi connectivity index (χ2v) is 6.56. The van der Waals surface area contributed by atoms with Crippen molar-refractivity contribution in [2.75, 3.05) is 6.54 Å². The Bertz CT molecular complexity index is 825. The van der Waals surface area contributed by atoms with E-state index >= 15 is 0 Å². The van der Waals surface area contributed by atoms with Crippen molar-refractivity contribution < 1.29 is 0 Å². The van der Waals surface area contributed by atoms with Crippen molar-refractivity contribution >= 4 is 0 Å². The number of fused-ring (bicyclic) bond motifs is 1. The summed E-state index contributed by atoms with van der Waals surface area (Å²) in [5, 5.41) is 12.9. The maximum Gasteiger partial charge on any atom is 0.266 e. The maximum absolute atomic E-state index is 12.5. The van der Waals surface area contributed by atoms with Crippen LogP contribution in [-0.2, 0) is 6.54 Å². The highest BCUT2D eigenvalue weighted by molar-refractivity contribution is 5.74. The van der Waals surface area contributed by atoms with Gasteiger partial charge in [-0.05, 0) is 24.0 Å². The Morgan fingerprint density at radius 2 is 1.96 bits per heavy atom. The molecule has 4 nitrogen and oxygen atoms in total. The van der Waals surface area contributed by atoms with Gasteiger partial charge in [-0.15, -0.1) is 0 Å². The topological polar surface area (TPSA) is 68.7 Å². The number of aromatic nitrogens is 1. The third-order valence-electron chi connectivity index (χ3n) is 4.65. The molecule has 1 aliphatic heterocycles. The fraction of sp³-hybridized carbons (Fsp3) is 0.368. The summed E-state index contributed by atoms with van der Waals surface area (Å²) in [7, 11) is 0. The van der Waals surface area contributed by atoms with Gasteiger partial charge in [-0.2, -0.15) is 5.26 Å². The Kier molecular flexibility index (Phi) is 4.06. The summed E-state index contributed by atoms with van der Waals surface area (Å²) in [6.45, 7) is 7.86. The number of pyridine rings is 1. The molecule has 3 rings (SSSR count). The predicted molar refractivity (Wildman–Crippen MR) is 91.2 cm³/mol. The number of rotatable bonds is 2. The summed E-state index contributed by atoms with van der Waals surface area (Å²) in [6, 6.07) is 10.1. The molecule has 1 unspecified atom stereocenters. The molecule has 1 aliphatic rings. The Labute approximate surface area is 136 Å². The minimum absolute atomic E-state index is 0.207. The van der Waals surface area contributed by atoms with E-state index in [0.717, 1.165) is 34.5 Å². The summed E-state index contributed by atoms with van der Waals surface area (Å²) in [4.78, 5) is 15.4. The standard InChI is InChI=1S/C19H21N3O/c1-11(2)15-9-21-10-16-17(13-6-4-12(3)5-7-13)14(8-20)19(23)22-18(15)16/h4-7,11,15,21H,9-10H2,1-3H3,(H,22,23). The molecule has 1 aromatic carbocycles. The van der Waals surface area contributed by atoms with Gasteiger partial charge in [0.2, 0.25) is 0 Å². The number of aromatic amines is 1. The Morgan fingerprint density at radius 1 is 1.26 bits per heavy atom. The maximum atomic E-state index is 12.5. The van der Waals surface area contributed by atoms with Gasteiger partial charge in [0.15, 0.2) is 0 Å². The summed E-state index contributed by atoms with van der Waals surface area (Å²) in [6.07, 6.45) is 0. The van der Waals surface area contributed by atoms with E-state index in [0.29, 0.717) is 12.5 Å². The first-order valence-corrected chi connectivity index (χ1v) is 7.99. The van der Waals surface area contributed by atoms with Gasteiger partial charge in [0.25, 0.3) is 5.56 Å². The lowest BCUT2D eigenvalue weighted by Crippen LogP contribution is -2.35. The second kappa shape index (κ2) is 6.02. The van der Waals surface area contributed by atoms with Crippen LogP contribution in [-0.4, -0.2) is 11.5 Å². The number of nitrogens with zero attached hydrogens (tertiary/aromatic N) is 1. The van der Waals surface area contributed by atoms with E-state index in [4.69, 9.17) is 0 Å². The van der Waals surface area contributed by atoms with E-state index in [2.05, 4.69) is 30.2 Å². The van der Waals surface area contributed by atoms with E-state index < -0.39 is 0 Å². The first kappa shape index (κ1) is 15.5. The highest BCUT2D eigenvalue weighted by atomic mass is 16.1. The van der Waals surface area contributed by atoms with Crippen LogP contribution in [0.15, 0.2) is 29.1 Å². The van der Waals surface area contributed by atoms with Gasteiger partial charge in [0.1, 0.15) is 11.6 Å². The number of H-pyrrole nitrogens is 1. The van der Waals surface area contributed by atoms with Crippen molar-refractivity contribution in [3.63, 3.8) is 0 Å². The number of hydrogen-bond acceptors (Lipinski definition) is 3. The van der Waals surface area contributed by atoms with Crippen LogP contribution >= 0.6 is 0 Å². The molecule has 0 saturated carbocycles. The zero-order valence-electron chi connectivity index (χ0n) is 13.7. The lowest BCUT2D eigenvalue weighted by atomic mass is 9.83. The van der Waals surface area contributed by atoms with Gasteiger partial charge in [0, 0.05) is 30.3 Å². The van der Waals surface area contributed by atoms with Gasteiger partial charge in [0.05, 0.1) is 0 Å². The fourth-order valence-electron chi connectivity index (χ4n) is 3.33. The first-order chi connectivity index (χ1) is 11.0. The fourth-order valence-corrected chi connectivity index (χ4v) is 3.33. The SMILES string of the molecule is Cc1ccc(-c2c3c([nH]c(=O)c2C#N)C(C(C)C)CNC3)cc1. The molecule has 0 bridgehead atoms. The molecule has 1 atom stereocenters. The van der Waals surface area contributed by atoms with Crippen LogP contribution in [0.3, 0.4) is 0 Å². The highest BCUT2D eigenvalue weighted by Crippen LogP contribution is 2.35. The van der Waals surface area contributed by atoms with Gasteiger partial charge in [-0.1, -0.05) is 43.7 Å². The van der Waals surface area contributed by atoms with Gasteiger partial charge in [-0.3, -0.25) is 4.79 Å². The van der Waals surface area contributed by atoms with Crippen LogP contribution in [0.1, 0.15) is 42.1 Å². The Hall–Kier alpha value is -2.38. The zero-order chi connectivity index (χ0) is 16.6. The molecule has 118 valence electrons. The molecular weight excluding hydrogens is 286 g/mol. The van der Waals surface area contributed by atoms with Gasteiger partial charge >= 0.3 is 0 Å². The molecule has 2 heterocycles. The molecule has 0 fully saturated rings. The summed E-state index contributed by atoms with van der Waals surface area (Å²) >= 11 is 0. The molecular formula is C19H21N3O. The molecule has 1 aromatic heterocycles. The minimum Gasteiger partial charge on any atom is -0.324 e. The van der Waals surface area contributed by atoms with E-state index in [9.17, 15) is 10.1 Å². The number of aryl methyl sites for hydroxylation is 1. The Balaban J connectivity index is 2.31. The van der Waals surface area contributed by atoms with Crippen LogP contribution < -0.4 is 10.9 Å². The predicted octanol–water partition coefficient (Wildman–Crippen LogP) is 3.06. The van der Waals surface area contributed by atoms with Crippen LogP contribution in [0.5, 0.6) is 0 Å². The summed E-state index contributed by atoms with van der Waals surface area (Å²) < 4.78 is 0. The van der Waals surface area contributed by atoms with E-state index in [1.54, 1.807) is 0 Å². The zero-order valence-corrected chi connectivity index (χ0v) is 13.7. The molecule has 0 radical (unpaired) electrons. The quantitative estimate of drug-likeness (QED) is 0.896. The van der Waals surface area contributed by atoms with E-state index in [-0.39, 0.29) is 17.0 Å². The monoisotopic (exact) mass is 307 g/mol. The third kappa shape index (κ3) is 2.69. The van der Waals surface area contributed by atoms with E-state index in [1.165, 1.54) is 0 Å². The molecule has 0 spiro atoms. The van der Waals surface area contributed by atoms with Crippen molar-refractivity contribution in [1.82, 2.24) is 10.3 Å². The molecule has 0 amide bonds. The van der Waals surface area contributed by atoms with Crippen LogP contribution in [0.25, 0.3) is 11.1 Å². The summed E-state index contributed by atoms with van der Waals surface area (Å²) in [5.41, 5.74) is 4.83. The molecule has 2 aromatic rings. The normalized spacial score (nSPS) is 16.9. The van der Waals surface area contributed by atoms with Crippen molar-refractivity contribution in [1.29, 1.82) is 5.26 Å². The smallest absolute Gasteiger partial charge is 0.266 e. The molecule has 4 heteroatoms.